The predicted molar refractivity (Wildman–Crippen MR) is 69.5 cm³/mol. The van der Waals surface area contributed by atoms with Crippen molar-refractivity contribution in [1.29, 1.82) is 0 Å². The van der Waals surface area contributed by atoms with E-state index in [1.807, 2.05) is 17.0 Å². The first-order chi connectivity index (χ1) is 7.72. The molecule has 0 spiro atoms. The van der Waals surface area contributed by atoms with E-state index >= 15 is 0 Å². The first kappa shape index (κ1) is 11.9. The third kappa shape index (κ3) is 2.41. The molecule has 1 aromatic carbocycles. The van der Waals surface area contributed by atoms with Crippen LogP contribution in [0.5, 0.6) is 0 Å². The van der Waals surface area contributed by atoms with Gasteiger partial charge in [0, 0.05) is 29.0 Å². The van der Waals surface area contributed by atoms with E-state index in [1.54, 1.807) is 6.07 Å². The van der Waals surface area contributed by atoms with E-state index in [1.165, 1.54) is 0 Å². The molecule has 1 amide bonds. The fourth-order valence-corrected chi connectivity index (χ4v) is 2.38. The molecule has 1 heterocycles. The summed E-state index contributed by atoms with van der Waals surface area (Å²) in [6, 6.07) is 5.58. The van der Waals surface area contributed by atoms with Crippen LogP contribution in [0.2, 0.25) is 5.02 Å². The zero-order valence-electron chi connectivity index (χ0n) is 8.88. The standard InChI is InChI=1S/C12H13BrClNO/c13-5-1-6-15-7-4-9-2-3-10(14)8-11(9)12(15)16/h2-3,8H,1,4-7H2. The Balaban J connectivity index is 2.20. The van der Waals surface area contributed by atoms with Crippen molar-refractivity contribution in [3.63, 3.8) is 0 Å². The highest BCUT2D eigenvalue weighted by Gasteiger charge is 2.23. The number of rotatable bonds is 3. The average molecular weight is 303 g/mol. The van der Waals surface area contributed by atoms with E-state index in [4.69, 9.17) is 11.6 Å². The Labute approximate surface area is 109 Å². The predicted octanol–water partition coefficient (Wildman–Crippen LogP) is 3.12. The number of hydrogen-bond donors (Lipinski definition) is 0. The van der Waals surface area contributed by atoms with Crippen LogP contribution in [0.1, 0.15) is 22.3 Å². The van der Waals surface area contributed by atoms with Gasteiger partial charge in [-0.2, -0.15) is 0 Å². The minimum absolute atomic E-state index is 0.115. The van der Waals surface area contributed by atoms with Gasteiger partial charge in [-0.1, -0.05) is 33.6 Å². The number of fused-ring (bicyclic) bond motifs is 1. The van der Waals surface area contributed by atoms with Gasteiger partial charge in [0.25, 0.3) is 5.91 Å². The van der Waals surface area contributed by atoms with Gasteiger partial charge in [-0.15, -0.1) is 0 Å². The van der Waals surface area contributed by atoms with Gasteiger partial charge < -0.3 is 4.90 Å². The maximum absolute atomic E-state index is 12.1. The lowest BCUT2D eigenvalue weighted by Gasteiger charge is -2.28. The van der Waals surface area contributed by atoms with Crippen molar-refractivity contribution in [1.82, 2.24) is 4.90 Å². The Morgan fingerprint density at radius 2 is 2.25 bits per heavy atom. The Hall–Kier alpha value is -0.540. The second-order valence-corrected chi connectivity index (χ2v) is 5.12. The molecule has 4 heteroatoms. The molecule has 0 N–H and O–H groups in total. The van der Waals surface area contributed by atoms with Crippen LogP contribution in [-0.2, 0) is 6.42 Å². The third-order valence-corrected chi connectivity index (χ3v) is 3.60. The molecule has 0 radical (unpaired) electrons. The lowest BCUT2D eigenvalue weighted by Crippen LogP contribution is -2.38. The second-order valence-electron chi connectivity index (χ2n) is 3.89. The summed E-state index contributed by atoms with van der Waals surface area (Å²) in [6.45, 7) is 1.64. The van der Waals surface area contributed by atoms with Crippen molar-refractivity contribution >= 4 is 33.4 Å². The summed E-state index contributed by atoms with van der Waals surface area (Å²) in [7, 11) is 0. The summed E-state index contributed by atoms with van der Waals surface area (Å²) in [6.07, 6.45) is 1.92. The number of halogens is 2. The van der Waals surface area contributed by atoms with Crippen molar-refractivity contribution in [2.24, 2.45) is 0 Å². The minimum atomic E-state index is 0.115. The van der Waals surface area contributed by atoms with E-state index in [2.05, 4.69) is 15.9 Å². The lowest BCUT2D eigenvalue weighted by molar-refractivity contribution is 0.0740. The highest BCUT2D eigenvalue weighted by atomic mass is 79.9. The van der Waals surface area contributed by atoms with E-state index in [9.17, 15) is 4.79 Å². The van der Waals surface area contributed by atoms with Crippen LogP contribution in [0.15, 0.2) is 18.2 Å². The van der Waals surface area contributed by atoms with Crippen LogP contribution in [0.4, 0.5) is 0 Å². The third-order valence-electron chi connectivity index (χ3n) is 2.80. The fourth-order valence-electron chi connectivity index (χ4n) is 1.96. The van der Waals surface area contributed by atoms with Crippen LogP contribution < -0.4 is 0 Å². The molecule has 0 saturated heterocycles. The number of alkyl halides is 1. The van der Waals surface area contributed by atoms with E-state index in [0.29, 0.717) is 5.02 Å². The van der Waals surface area contributed by atoms with Crippen LogP contribution in [0.25, 0.3) is 0 Å². The SMILES string of the molecule is O=C1c2cc(Cl)ccc2CCN1CCCBr. The van der Waals surface area contributed by atoms with Crippen LogP contribution >= 0.6 is 27.5 Å². The Bertz CT molecular complexity index is 408. The topological polar surface area (TPSA) is 20.3 Å². The molecule has 0 bridgehead atoms. The van der Waals surface area contributed by atoms with Crippen LogP contribution in [0.3, 0.4) is 0 Å². The molecule has 0 fully saturated rings. The summed E-state index contributed by atoms with van der Waals surface area (Å²) in [5.74, 6) is 0.115. The molecule has 0 aromatic heterocycles. The first-order valence-corrected chi connectivity index (χ1v) is 6.86. The molecule has 16 heavy (non-hydrogen) atoms. The van der Waals surface area contributed by atoms with E-state index in [-0.39, 0.29) is 5.91 Å². The number of carbonyl (C=O) groups is 1. The number of nitrogens with zero attached hydrogens (tertiary/aromatic N) is 1. The molecule has 0 unspecified atom stereocenters. The van der Waals surface area contributed by atoms with Gasteiger partial charge in [-0.05, 0) is 30.5 Å². The summed E-state index contributed by atoms with van der Waals surface area (Å²) in [5.41, 5.74) is 1.89. The quantitative estimate of drug-likeness (QED) is 0.786. The summed E-state index contributed by atoms with van der Waals surface area (Å²) < 4.78 is 0. The van der Waals surface area contributed by atoms with Crippen molar-refractivity contribution in [3.05, 3.63) is 34.3 Å². The van der Waals surface area contributed by atoms with Crippen molar-refractivity contribution in [2.75, 3.05) is 18.4 Å². The molecular weight excluding hydrogens is 289 g/mol. The van der Waals surface area contributed by atoms with Gasteiger partial charge >= 0.3 is 0 Å². The Kier molecular flexibility index (Phi) is 3.87. The van der Waals surface area contributed by atoms with Crippen molar-refractivity contribution < 1.29 is 4.79 Å². The number of amides is 1. The number of carbonyl (C=O) groups excluding carboxylic acids is 1. The van der Waals surface area contributed by atoms with Gasteiger partial charge in [0.05, 0.1) is 0 Å². The molecular formula is C12H13BrClNO. The molecule has 0 atom stereocenters. The molecule has 86 valence electrons. The van der Waals surface area contributed by atoms with Gasteiger partial charge in [0.15, 0.2) is 0 Å². The maximum atomic E-state index is 12.1. The number of benzene rings is 1. The smallest absolute Gasteiger partial charge is 0.254 e. The lowest BCUT2D eigenvalue weighted by atomic mass is 9.99. The summed E-state index contributed by atoms with van der Waals surface area (Å²) in [5, 5.41) is 1.56. The highest BCUT2D eigenvalue weighted by molar-refractivity contribution is 9.09. The Morgan fingerprint density at radius 1 is 1.44 bits per heavy atom. The monoisotopic (exact) mass is 301 g/mol. The Morgan fingerprint density at radius 3 is 3.00 bits per heavy atom. The maximum Gasteiger partial charge on any atom is 0.254 e. The summed E-state index contributed by atoms with van der Waals surface area (Å²) in [4.78, 5) is 14.0. The van der Waals surface area contributed by atoms with Gasteiger partial charge in [-0.3, -0.25) is 4.79 Å². The first-order valence-electron chi connectivity index (χ1n) is 5.36. The highest BCUT2D eigenvalue weighted by Crippen LogP contribution is 2.22. The van der Waals surface area contributed by atoms with Gasteiger partial charge in [0.2, 0.25) is 0 Å². The normalized spacial score (nSPS) is 15.1. The van der Waals surface area contributed by atoms with Crippen molar-refractivity contribution in [2.45, 2.75) is 12.8 Å². The fraction of sp³-hybridized carbons (Fsp3) is 0.417. The van der Waals surface area contributed by atoms with Gasteiger partial charge in [-0.25, -0.2) is 0 Å². The molecule has 1 aliphatic heterocycles. The summed E-state index contributed by atoms with van der Waals surface area (Å²) >= 11 is 9.30. The second kappa shape index (κ2) is 5.19. The molecule has 2 nitrogen and oxygen atoms in total. The molecule has 0 aliphatic carbocycles. The zero-order valence-corrected chi connectivity index (χ0v) is 11.2. The molecule has 0 saturated carbocycles. The average Bonchev–Trinajstić information content (AvgIpc) is 2.29. The molecule has 2 rings (SSSR count). The largest absolute Gasteiger partial charge is 0.338 e. The van der Waals surface area contributed by atoms with Gasteiger partial charge in [0.1, 0.15) is 0 Å². The van der Waals surface area contributed by atoms with Crippen molar-refractivity contribution in [3.8, 4) is 0 Å². The number of hydrogen-bond acceptors (Lipinski definition) is 1. The molecule has 1 aliphatic rings. The van der Waals surface area contributed by atoms with E-state index in [0.717, 1.165) is 42.4 Å². The van der Waals surface area contributed by atoms with E-state index < -0.39 is 0 Å². The van der Waals surface area contributed by atoms with Crippen LogP contribution in [-0.4, -0.2) is 29.2 Å². The van der Waals surface area contributed by atoms with Crippen LogP contribution in [0, 0.1) is 0 Å². The minimum Gasteiger partial charge on any atom is -0.338 e. The zero-order chi connectivity index (χ0) is 11.5. The molecule has 1 aromatic rings.